The smallest absolute Gasteiger partial charge is 0.0421 e. The Balaban J connectivity index is 2.32. The molecular formula is C14H21N. The maximum absolute atomic E-state index is 5.73. The molecule has 1 aliphatic heterocycles. The van der Waals surface area contributed by atoms with E-state index >= 15 is 0 Å². The van der Waals surface area contributed by atoms with Crippen molar-refractivity contribution in [3.8, 4) is 12.3 Å². The monoisotopic (exact) mass is 203 g/mol. The van der Waals surface area contributed by atoms with Gasteiger partial charge in [0.15, 0.2) is 0 Å². The predicted molar refractivity (Wildman–Crippen MR) is 64.5 cm³/mol. The number of hydrogen-bond acceptors (Lipinski definition) is 1. The zero-order valence-corrected chi connectivity index (χ0v) is 10.1. The van der Waals surface area contributed by atoms with Gasteiger partial charge in [-0.05, 0) is 46.7 Å². The van der Waals surface area contributed by atoms with E-state index in [2.05, 4.69) is 31.7 Å². The average Bonchev–Trinajstić information content (AvgIpc) is 2.51. The van der Waals surface area contributed by atoms with E-state index in [1.165, 1.54) is 25.8 Å². The van der Waals surface area contributed by atoms with Gasteiger partial charge in [0, 0.05) is 17.9 Å². The molecule has 0 unspecified atom stereocenters. The van der Waals surface area contributed by atoms with Gasteiger partial charge in [-0.15, -0.1) is 12.3 Å². The topological polar surface area (TPSA) is 3.24 Å². The summed E-state index contributed by atoms with van der Waals surface area (Å²) in [5.74, 6) is 3.47. The summed E-state index contributed by atoms with van der Waals surface area (Å²) < 4.78 is 0. The minimum Gasteiger partial charge on any atom is -0.305 e. The fourth-order valence-electron chi connectivity index (χ4n) is 3.31. The zero-order chi connectivity index (χ0) is 11.1. The van der Waals surface area contributed by atoms with Crippen LogP contribution in [-0.4, -0.2) is 25.0 Å². The van der Waals surface area contributed by atoms with Crippen molar-refractivity contribution in [2.45, 2.75) is 33.1 Å². The molecule has 0 bridgehead atoms. The average molecular weight is 203 g/mol. The quantitative estimate of drug-likeness (QED) is 0.432. The van der Waals surface area contributed by atoms with Crippen LogP contribution in [0.1, 0.15) is 33.1 Å². The summed E-state index contributed by atoms with van der Waals surface area (Å²) in [5.41, 5.74) is 3.53. The summed E-state index contributed by atoms with van der Waals surface area (Å²) in [4.78, 5) is 2.37. The molecule has 0 radical (unpaired) electrons. The molecule has 2 rings (SSSR count). The number of hydrogen-bond donors (Lipinski definition) is 0. The fourth-order valence-corrected chi connectivity index (χ4v) is 3.31. The maximum Gasteiger partial charge on any atom is 0.0421 e. The highest BCUT2D eigenvalue weighted by Gasteiger charge is 2.45. The highest BCUT2D eigenvalue weighted by molar-refractivity contribution is 5.30. The van der Waals surface area contributed by atoms with Crippen LogP contribution < -0.4 is 0 Å². The number of terminal acetylenes is 1. The molecule has 1 heteroatoms. The Bertz CT molecular complexity index is 334. The van der Waals surface area contributed by atoms with Gasteiger partial charge in [-0.1, -0.05) is 11.1 Å². The van der Waals surface area contributed by atoms with E-state index in [-0.39, 0.29) is 0 Å². The molecule has 0 aromatic rings. The molecule has 2 atom stereocenters. The number of piperidine rings is 1. The fraction of sp³-hybridized carbons (Fsp3) is 0.714. The Morgan fingerprint density at radius 2 is 2.13 bits per heavy atom. The largest absolute Gasteiger partial charge is 0.305 e. The summed E-state index contributed by atoms with van der Waals surface area (Å²) in [6.45, 7) is 6.85. The summed E-state index contributed by atoms with van der Waals surface area (Å²) in [5, 5.41) is 0. The van der Waals surface area contributed by atoms with Crippen molar-refractivity contribution >= 4 is 0 Å². The molecule has 15 heavy (non-hydrogen) atoms. The molecule has 82 valence electrons. The molecule has 0 saturated carbocycles. The minimum atomic E-state index is 0.353. The molecular weight excluding hydrogens is 182 g/mol. The summed E-state index contributed by atoms with van der Waals surface area (Å²) in [6, 6.07) is 0. The molecule has 2 aliphatic rings. The Hall–Kier alpha value is -0.740. The molecule has 1 heterocycles. The standard InChI is InChI=1S/C14H21N/c1-5-13-10-15(4)9-8-14(13)7-6-11(2)12(14)3/h1,13H,6-10H2,2-4H3/t13-,14-/m0/s1. The first-order valence-corrected chi connectivity index (χ1v) is 5.91. The van der Waals surface area contributed by atoms with Gasteiger partial charge in [0.1, 0.15) is 0 Å². The van der Waals surface area contributed by atoms with Gasteiger partial charge in [-0.3, -0.25) is 0 Å². The lowest BCUT2D eigenvalue weighted by Crippen LogP contribution is -2.45. The van der Waals surface area contributed by atoms with Crippen LogP contribution in [0.5, 0.6) is 0 Å². The molecule has 1 saturated heterocycles. The van der Waals surface area contributed by atoms with Gasteiger partial charge in [-0.25, -0.2) is 0 Å². The predicted octanol–water partition coefficient (Wildman–Crippen LogP) is 2.69. The third-order valence-corrected chi connectivity index (χ3v) is 4.64. The van der Waals surface area contributed by atoms with E-state index in [1.807, 2.05) is 0 Å². The van der Waals surface area contributed by atoms with E-state index in [0.29, 0.717) is 11.3 Å². The van der Waals surface area contributed by atoms with Crippen LogP contribution in [0.2, 0.25) is 0 Å². The summed E-state index contributed by atoms with van der Waals surface area (Å²) in [6.07, 6.45) is 9.52. The second-order valence-electron chi connectivity index (χ2n) is 5.29. The molecule has 1 spiro atoms. The Labute approximate surface area is 93.5 Å². The van der Waals surface area contributed by atoms with E-state index in [1.54, 1.807) is 11.1 Å². The lowest BCUT2D eigenvalue weighted by Gasteiger charge is -2.44. The van der Waals surface area contributed by atoms with Crippen molar-refractivity contribution in [2.24, 2.45) is 11.3 Å². The first-order valence-electron chi connectivity index (χ1n) is 5.91. The van der Waals surface area contributed by atoms with Crippen molar-refractivity contribution in [3.63, 3.8) is 0 Å². The van der Waals surface area contributed by atoms with Crippen LogP contribution in [0.15, 0.2) is 11.1 Å². The zero-order valence-electron chi connectivity index (χ0n) is 10.1. The lowest BCUT2D eigenvalue weighted by atomic mass is 9.66. The first kappa shape index (κ1) is 10.8. The van der Waals surface area contributed by atoms with Crippen molar-refractivity contribution < 1.29 is 0 Å². The maximum atomic E-state index is 5.73. The van der Waals surface area contributed by atoms with Gasteiger partial charge in [-0.2, -0.15) is 0 Å². The van der Waals surface area contributed by atoms with Gasteiger partial charge in [0.2, 0.25) is 0 Å². The third-order valence-electron chi connectivity index (χ3n) is 4.64. The Morgan fingerprint density at radius 1 is 1.40 bits per heavy atom. The number of rotatable bonds is 0. The van der Waals surface area contributed by atoms with E-state index in [0.717, 1.165) is 6.54 Å². The molecule has 0 aromatic carbocycles. The van der Waals surface area contributed by atoms with Crippen molar-refractivity contribution in [1.29, 1.82) is 0 Å². The SMILES string of the molecule is C#C[C@H]1CN(C)CC[C@]12CCC(C)=C2C. The molecule has 0 amide bonds. The van der Waals surface area contributed by atoms with Gasteiger partial charge in [0.25, 0.3) is 0 Å². The van der Waals surface area contributed by atoms with Gasteiger partial charge in [0.05, 0.1) is 0 Å². The molecule has 0 aromatic heterocycles. The lowest BCUT2D eigenvalue weighted by molar-refractivity contribution is 0.110. The van der Waals surface area contributed by atoms with Crippen LogP contribution in [0.3, 0.4) is 0 Å². The van der Waals surface area contributed by atoms with Gasteiger partial charge < -0.3 is 4.90 Å². The Morgan fingerprint density at radius 3 is 2.67 bits per heavy atom. The van der Waals surface area contributed by atoms with Crippen LogP contribution in [0.4, 0.5) is 0 Å². The summed E-state index contributed by atoms with van der Waals surface area (Å²) >= 11 is 0. The van der Waals surface area contributed by atoms with Crippen LogP contribution in [-0.2, 0) is 0 Å². The third kappa shape index (κ3) is 1.52. The second kappa shape index (κ2) is 3.68. The second-order valence-corrected chi connectivity index (χ2v) is 5.29. The number of likely N-dealkylation sites (tertiary alicyclic amines) is 1. The van der Waals surface area contributed by atoms with Crippen LogP contribution in [0.25, 0.3) is 0 Å². The highest BCUT2D eigenvalue weighted by atomic mass is 15.1. The Kier molecular flexibility index (Phi) is 2.64. The molecule has 1 fully saturated rings. The normalized spacial score (nSPS) is 37.3. The van der Waals surface area contributed by atoms with Crippen molar-refractivity contribution in [2.75, 3.05) is 20.1 Å². The van der Waals surface area contributed by atoms with Crippen LogP contribution >= 0.6 is 0 Å². The molecule has 0 N–H and O–H groups in total. The van der Waals surface area contributed by atoms with Gasteiger partial charge >= 0.3 is 0 Å². The van der Waals surface area contributed by atoms with Crippen molar-refractivity contribution in [3.05, 3.63) is 11.1 Å². The molecule has 1 nitrogen and oxygen atoms in total. The molecule has 1 aliphatic carbocycles. The van der Waals surface area contributed by atoms with Crippen LogP contribution in [0, 0.1) is 23.7 Å². The highest BCUT2D eigenvalue weighted by Crippen LogP contribution is 2.52. The first-order chi connectivity index (χ1) is 7.10. The van der Waals surface area contributed by atoms with E-state index in [9.17, 15) is 0 Å². The number of nitrogens with zero attached hydrogens (tertiary/aromatic N) is 1. The van der Waals surface area contributed by atoms with Crippen molar-refractivity contribution in [1.82, 2.24) is 4.90 Å². The van der Waals surface area contributed by atoms with E-state index in [4.69, 9.17) is 6.42 Å². The number of allylic oxidation sites excluding steroid dienone is 2. The van der Waals surface area contributed by atoms with E-state index < -0.39 is 0 Å². The minimum absolute atomic E-state index is 0.353. The summed E-state index contributed by atoms with van der Waals surface area (Å²) in [7, 11) is 2.18.